The molecule has 4 nitrogen and oxygen atoms in total. The van der Waals surface area contributed by atoms with Crippen LogP contribution in [-0.2, 0) is 0 Å². The molecule has 18 heavy (non-hydrogen) atoms. The number of hydrogen-bond acceptors (Lipinski definition) is 4. The van der Waals surface area contributed by atoms with Gasteiger partial charge in [-0.15, -0.1) is 0 Å². The van der Waals surface area contributed by atoms with Crippen LogP contribution in [0.2, 0.25) is 0 Å². The van der Waals surface area contributed by atoms with Gasteiger partial charge in [0.05, 0.1) is 5.60 Å². The van der Waals surface area contributed by atoms with Crippen molar-refractivity contribution in [3.63, 3.8) is 0 Å². The minimum atomic E-state index is -0.673. The lowest BCUT2D eigenvalue weighted by Gasteiger charge is -2.27. The molecule has 0 saturated carbocycles. The second-order valence-corrected chi connectivity index (χ2v) is 6.25. The fourth-order valence-corrected chi connectivity index (χ4v) is 2.74. The molecule has 0 bridgehead atoms. The number of nitrogens with two attached hydrogens (primary N) is 1. The molecule has 1 aliphatic heterocycles. The van der Waals surface area contributed by atoms with Crippen LogP contribution in [0, 0.1) is 0 Å². The van der Waals surface area contributed by atoms with Crippen LogP contribution in [0.1, 0.15) is 39.0 Å². The molecule has 108 valence electrons. The molecule has 0 aromatic carbocycles. The number of aliphatic hydroxyl groups is 1. The van der Waals surface area contributed by atoms with Gasteiger partial charge in [0.1, 0.15) is 0 Å². The van der Waals surface area contributed by atoms with E-state index in [4.69, 9.17) is 5.73 Å². The molecule has 0 aromatic heterocycles. The van der Waals surface area contributed by atoms with Crippen LogP contribution >= 0.6 is 0 Å². The summed E-state index contributed by atoms with van der Waals surface area (Å²) >= 11 is 0. The molecular formula is C14H31N3O. The van der Waals surface area contributed by atoms with Crippen LogP contribution in [-0.4, -0.2) is 66.8 Å². The van der Waals surface area contributed by atoms with E-state index in [1.54, 1.807) is 0 Å². The monoisotopic (exact) mass is 257 g/mol. The Bertz CT molecular complexity index is 231. The number of likely N-dealkylation sites (tertiary alicyclic amines) is 1. The first-order chi connectivity index (χ1) is 8.44. The summed E-state index contributed by atoms with van der Waals surface area (Å²) in [6, 6.07) is 0.731. The number of likely N-dealkylation sites (N-methyl/N-ethyl adjacent to an activating group) is 1. The third-order valence-corrected chi connectivity index (χ3v) is 3.93. The van der Waals surface area contributed by atoms with E-state index in [1.165, 1.54) is 38.9 Å². The van der Waals surface area contributed by atoms with Crippen LogP contribution in [0.3, 0.4) is 0 Å². The number of nitrogens with zero attached hydrogens (tertiary/aromatic N) is 2. The summed E-state index contributed by atoms with van der Waals surface area (Å²) in [6.45, 7) is 5.77. The van der Waals surface area contributed by atoms with Crippen molar-refractivity contribution in [1.29, 1.82) is 0 Å². The molecule has 1 heterocycles. The summed E-state index contributed by atoms with van der Waals surface area (Å²) in [4.78, 5) is 4.89. The van der Waals surface area contributed by atoms with E-state index < -0.39 is 5.60 Å². The predicted molar refractivity (Wildman–Crippen MR) is 76.7 cm³/mol. The summed E-state index contributed by atoms with van der Waals surface area (Å²) in [5.41, 5.74) is 4.85. The Kier molecular flexibility index (Phi) is 6.57. The molecule has 1 rings (SSSR count). The van der Waals surface area contributed by atoms with Gasteiger partial charge in [-0.3, -0.25) is 4.90 Å². The van der Waals surface area contributed by atoms with E-state index in [-0.39, 0.29) is 0 Å². The molecule has 2 atom stereocenters. The highest BCUT2D eigenvalue weighted by atomic mass is 16.3. The van der Waals surface area contributed by atoms with Gasteiger partial charge >= 0.3 is 0 Å². The molecule has 0 radical (unpaired) electrons. The molecule has 0 aliphatic carbocycles. The number of unbranched alkanes of at least 4 members (excludes halogenated alkanes) is 1. The average molecular weight is 257 g/mol. The van der Waals surface area contributed by atoms with Crippen molar-refractivity contribution in [1.82, 2.24) is 9.80 Å². The summed E-state index contributed by atoms with van der Waals surface area (Å²) < 4.78 is 0. The van der Waals surface area contributed by atoms with Crippen LogP contribution < -0.4 is 5.73 Å². The minimum Gasteiger partial charge on any atom is -0.389 e. The van der Waals surface area contributed by atoms with Gasteiger partial charge in [0.15, 0.2) is 0 Å². The second-order valence-electron chi connectivity index (χ2n) is 6.25. The first-order valence-electron chi connectivity index (χ1n) is 7.26. The predicted octanol–water partition coefficient (Wildman–Crippen LogP) is 0.892. The Labute approximate surface area is 112 Å². The van der Waals surface area contributed by atoms with Crippen LogP contribution in [0.25, 0.3) is 0 Å². The molecule has 0 aromatic rings. The van der Waals surface area contributed by atoms with Crippen molar-refractivity contribution in [3.05, 3.63) is 0 Å². The smallest absolute Gasteiger partial charge is 0.0741 e. The third-order valence-electron chi connectivity index (χ3n) is 3.93. The highest BCUT2D eigenvalue weighted by molar-refractivity contribution is 4.81. The molecule has 0 amide bonds. The van der Waals surface area contributed by atoms with Crippen LogP contribution in [0.4, 0.5) is 0 Å². The van der Waals surface area contributed by atoms with E-state index >= 15 is 0 Å². The Balaban J connectivity index is 2.18. The molecule has 1 fully saturated rings. The molecule has 1 aliphatic rings. The first-order valence-corrected chi connectivity index (χ1v) is 7.26. The topological polar surface area (TPSA) is 52.7 Å². The Morgan fingerprint density at radius 2 is 2.11 bits per heavy atom. The van der Waals surface area contributed by atoms with Crippen molar-refractivity contribution in [3.8, 4) is 0 Å². The van der Waals surface area contributed by atoms with Gasteiger partial charge in [-0.25, -0.2) is 0 Å². The Hall–Kier alpha value is -0.160. The molecule has 4 heteroatoms. The largest absolute Gasteiger partial charge is 0.389 e. The normalized spacial score (nSPS) is 24.7. The van der Waals surface area contributed by atoms with Crippen molar-refractivity contribution in [2.45, 2.75) is 50.7 Å². The summed E-state index contributed by atoms with van der Waals surface area (Å²) in [5.74, 6) is 0. The maximum Gasteiger partial charge on any atom is 0.0741 e. The second kappa shape index (κ2) is 7.43. The Morgan fingerprint density at radius 1 is 1.39 bits per heavy atom. The molecule has 1 saturated heterocycles. The van der Waals surface area contributed by atoms with E-state index in [9.17, 15) is 5.11 Å². The van der Waals surface area contributed by atoms with E-state index in [2.05, 4.69) is 23.9 Å². The maximum absolute atomic E-state index is 9.84. The average Bonchev–Trinajstić information content (AvgIpc) is 2.71. The number of hydrogen-bond donors (Lipinski definition) is 2. The lowest BCUT2D eigenvalue weighted by Crippen LogP contribution is -2.38. The van der Waals surface area contributed by atoms with E-state index in [0.717, 1.165) is 18.9 Å². The zero-order chi connectivity index (χ0) is 13.6. The van der Waals surface area contributed by atoms with Gasteiger partial charge in [-0.2, -0.15) is 0 Å². The summed E-state index contributed by atoms with van der Waals surface area (Å²) in [5, 5.41) is 9.84. The third kappa shape index (κ3) is 5.65. The maximum atomic E-state index is 9.84. The molecule has 3 N–H and O–H groups in total. The van der Waals surface area contributed by atoms with Gasteiger partial charge in [0.2, 0.25) is 0 Å². The number of rotatable bonds is 8. The zero-order valence-corrected chi connectivity index (χ0v) is 12.4. The summed E-state index contributed by atoms with van der Waals surface area (Å²) in [7, 11) is 4.30. The quantitative estimate of drug-likeness (QED) is 0.634. The van der Waals surface area contributed by atoms with Gasteiger partial charge in [-0.1, -0.05) is 0 Å². The van der Waals surface area contributed by atoms with Crippen molar-refractivity contribution in [2.24, 2.45) is 5.73 Å². The fraction of sp³-hybridized carbons (Fsp3) is 1.00. The fourth-order valence-electron chi connectivity index (χ4n) is 2.74. The Morgan fingerprint density at radius 3 is 2.72 bits per heavy atom. The SMILES string of the molecule is CN(C)CC1CCCN1CCCCC(C)(O)CN. The minimum absolute atomic E-state index is 0.361. The van der Waals surface area contributed by atoms with Crippen LogP contribution in [0.15, 0.2) is 0 Å². The molecule has 2 unspecified atom stereocenters. The molecule has 0 spiro atoms. The lowest BCUT2D eigenvalue weighted by molar-refractivity contribution is 0.0561. The van der Waals surface area contributed by atoms with E-state index in [0.29, 0.717) is 6.54 Å². The van der Waals surface area contributed by atoms with Gasteiger partial charge < -0.3 is 15.7 Å². The van der Waals surface area contributed by atoms with E-state index in [1.807, 2.05) is 6.92 Å². The summed E-state index contributed by atoms with van der Waals surface area (Å²) in [6.07, 6.45) is 5.71. The van der Waals surface area contributed by atoms with Crippen LogP contribution in [0.5, 0.6) is 0 Å². The van der Waals surface area contributed by atoms with Crippen molar-refractivity contribution < 1.29 is 5.11 Å². The van der Waals surface area contributed by atoms with Crippen molar-refractivity contribution in [2.75, 3.05) is 40.3 Å². The van der Waals surface area contributed by atoms with Gasteiger partial charge in [-0.05, 0) is 66.2 Å². The van der Waals surface area contributed by atoms with Gasteiger partial charge in [0, 0.05) is 19.1 Å². The zero-order valence-electron chi connectivity index (χ0n) is 12.4. The lowest BCUT2D eigenvalue weighted by atomic mass is 9.99. The highest BCUT2D eigenvalue weighted by Crippen LogP contribution is 2.19. The molecular weight excluding hydrogens is 226 g/mol. The van der Waals surface area contributed by atoms with Gasteiger partial charge in [0.25, 0.3) is 0 Å². The first kappa shape index (κ1) is 15.9. The standard InChI is InChI=1S/C14H31N3O/c1-14(18,12-15)8-4-5-9-17-10-6-7-13(17)11-16(2)3/h13,18H,4-12,15H2,1-3H3. The van der Waals surface area contributed by atoms with Crippen molar-refractivity contribution >= 4 is 0 Å². The highest BCUT2D eigenvalue weighted by Gasteiger charge is 2.24.